The predicted molar refractivity (Wildman–Crippen MR) is 118 cm³/mol. The molecule has 1 aromatic carbocycles. The molecule has 1 saturated heterocycles. The van der Waals surface area contributed by atoms with Gasteiger partial charge in [0.1, 0.15) is 25.0 Å². The van der Waals surface area contributed by atoms with E-state index >= 15 is 0 Å². The molecular weight excluding hydrogens is 457 g/mol. The third kappa shape index (κ3) is 6.29. The Morgan fingerprint density at radius 3 is 2.73 bits per heavy atom. The van der Waals surface area contributed by atoms with Crippen molar-refractivity contribution in [1.29, 1.82) is 0 Å². The van der Waals surface area contributed by atoms with Gasteiger partial charge in [-0.25, -0.2) is 4.79 Å². The van der Waals surface area contributed by atoms with Gasteiger partial charge in [0.15, 0.2) is 0 Å². The Morgan fingerprint density at radius 2 is 2.06 bits per heavy atom. The fourth-order valence-corrected chi connectivity index (χ4v) is 3.53. The van der Waals surface area contributed by atoms with Gasteiger partial charge in [0, 0.05) is 11.4 Å². The number of carbonyl (C=O) groups excluding carboxylic acids is 1. The smallest absolute Gasteiger partial charge is 0.330 e. The lowest BCUT2D eigenvalue weighted by molar-refractivity contribution is -0.154. The molecule has 9 nitrogen and oxygen atoms in total. The number of nitrogens with zero attached hydrogens (tertiary/aromatic N) is 1. The van der Waals surface area contributed by atoms with Crippen LogP contribution in [0.2, 0.25) is 5.02 Å². The SMILES string of the molecule is CC[C@H](C)[C@H](N)C(=O)OC[C@H]1O[C@@H](n2cc(F)c(=O)[nH]c2=O)C[C@@H]1OCc1ccc(Cl)cc1. The second kappa shape index (κ2) is 11.1. The largest absolute Gasteiger partial charge is 0.462 e. The van der Waals surface area contributed by atoms with Crippen LogP contribution in [-0.2, 0) is 25.6 Å². The van der Waals surface area contributed by atoms with E-state index in [0.717, 1.165) is 16.3 Å². The number of esters is 1. The van der Waals surface area contributed by atoms with Gasteiger partial charge in [0.05, 0.1) is 18.9 Å². The van der Waals surface area contributed by atoms with Crippen molar-refractivity contribution in [2.75, 3.05) is 6.61 Å². The van der Waals surface area contributed by atoms with Gasteiger partial charge in [0.2, 0.25) is 5.82 Å². The molecule has 33 heavy (non-hydrogen) atoms. The molecule has 0 spiro atoms. The summed E-state index contributed by atoms with van der Waals surface area (Å²) < 4.78 is 31.9. The Balaban J connectivity index is 1.74. The number of rotatable bonds is 9. The fraction of sp³-hybridized carbons (Fsp3) is 0.500. The number of aromatic amines is 1. The number of nitrogens with one attached hydrogen (secondary N) is 1. The van der Waals surface area contributed by atoms with Crippen LogP contribution in [0.5, 0.6) is 0 Å². The molecule has 1 aliphatic rings. The summed E-state index contributed by atoms with van der Waals surface area (Å²) in [6.45, 7) is 3.82. The maximum atomic E-state index is 13.8. The molecule has 0 bridgehead atoms. The number of carbonyl (C=O) groups is 1. The number of nitrogens with two attached hydrogens (primary N) is 1. The maximum Gasteiger partial charge on any atom is 0.330 e. The van der Waals surface area contributed by atoms with Gasteiger partial charge in [0.25, 0.3) is 5.56 Å². The molecule has 1 aromatic heterocycles. The van der Waals surface area contributed by atoms with Crippen LogP contribution >= 0.6 is 11.6 Å². The predicted octanol–water partition coefficient (Wildman–Crippen LogP) is 2.12. The van der Waals surface area contributed by atoms with Crippen molar-refractivity contribution in [3.8, 4) is 0 Å². The summed E-state index contributed by atoms with van der Waals surface area (Å²) in [6.07, 6.45) is -0.580. The van der Waals surface area contributed by atoms with Crippen molar-refractivity contribution in [2.45, 2.75) is 57.8 Å². The molecule has 3 N–H and O–H groups in total. The van der Waals surface area contributed by atoms with Crippen LogP contribution in [-0.4, -0.2) is 40.4 Å². The highest BCUT2D eigenvalue weighted by Gasteiger charge is 2.39. The molecule has 1 aliphatic heterocycles. The zero-order valence-corrected chi connectivity index (χ0v) is 19.1. The third-order valence-corrected chi connectivity index (χ3v) is 5.96. The second-order valence-electron chi connectivity index (χ2n) is 8.03. The zero-order chi connectivity index (χ0) is 24.1. The van der Waals surface area contributed by atoms with E-state index in [1.807, 2.05) is 18.8 Å². The van der Waals surface area contributed by atoms with Crippen LogP contribution in [0, 0.1) is 11.7 Å². The number of benzene rings is 1. The molecule has 2 heterocycles. The van der Waals surface area contributed by atoms with Crippen LogP contribution in [0.25, 0.3) is 0 Å². The standard InChI is InChI=1S/C22H27ClFN3O6/c1-3-12(2)19(25)21(29)32-11-17-16(31-10-13-4-6-14(23)7-5-13)8-18(33-17)27-9-15(24)20(28)26-22(27)30/h4-7,9,12,16-19H,3,8,10-11,25H2,1-2H3,(H,26,28,30)/t12-,16-,17+,18+,19-/m0/s1. The monoisotopic (exact) mass is 483 g/mol. The van der Waals surface area contributed by atoms with E-state index in [2.05, 4.69) is 0 Å². The van der Waals surface area contributed by atoms with E-state index < -0.39 is 47.5 Å². The first-order valence-corrected chi connectivity index (χ1v) is 11.0. The van der Waals surface area contributed by atoms with Gasteiger partial charge in [-0.2, -0.15) is 4.39 Å². The normalized spacial score (nSPS) is 22.2. The van der Waals surface area contributed by atoms with Gasteiger partial charge in [-0.3, -0.25) is 19.1 Å². The molecule has 0 radical (unpaired) electrons. The maximum absolute atomic E-state index is 13.8. The summed E-state index contributed by atoms with van der Waals surface area (Å²) >= 11 is 5.91. The number of halogens is 2. The topological polar surface area (TPSA) is 126 Å². The minimum absolute atomic E-state index is 0.0607. The molecule has 11 heteroatoms. The van der Waals surface area contributed by atoms with E-state index in [-0.39, 0.29) is 25.6 Å². The van der Waals surface area contributed by atoms with Gasteiger partial charge >= 0.3 is 11.7 Å². The minimum Gasteiger partial charge on any atom is -0.462 e. The van der Waals surface area contributed by atoms with Crippen molar-refractivity contribution in [2.24, 2.45) is 11.7 Å². The van der Waals surface area contributed by atoms with Gasteiger partial charge in [-0.05, 0) is 23.6 Å². The lowest BCUT2D eigenvalue weighted by Gasteiger charge is -2.21. The van der Waals surface area contributed by atoms with E-state index in [0.29, 0.717) is 11.4 Å². The summed E-state index contributed by atoms with van der Waals surface area (Å²) in [7, 11) is 0. The number of ether oxygens (including phenoxy) is 3. The van der Waals surface area contributed by atoms with Crippen molar-refractivity contribution in [3.63, 3.8) is 0 Å². The number of H-pyrrole nitrogens is 1. The summed E-state index contributed by atoms with van der Waals surface area (Å²) in [5.74, 6) is -1.75. The van der Waals surface area contributed by atoms with E-state index in [1.54, 1.807) is 24.3 Å². The van der Waals surface area contributed by atoms with Crippen molar-refractivity contribution in [3.05, 3.63) is 67.7 Å². The highest BCUT2D eigenvalue weighted by atomic mass is 35.5. The molecule has 2 aromatic rings. The molecule has 0 saturated carbocycles. The van der Waals surface area contributed by atoms with E-state index in [9.17, 15) is 18.8 Å². The lowest BCUT2D eigenvalue weighted by atomic mass is 10.0. The van der Waals surface area contributed by atoms with Crippen molar-refractivity contribution in [1.82, 2.24) is 9.55 Å². The molecule has 0 amide bonds. The highest BCUT2D eigenvalue weighted by Crippen LogP contribution is 2.31. The van der Waals surface area contributed by atoms with E-state index in [4.69, 9.17) is 31.5 Å². The molecular formula is C22H27ClFN3O6. The molecule has 3 rings (SSSR count). The number of hydrogen-bond donors (Lipinski definition) is 2. The van der Waals surface area contributed by atoms with Crippen LogP contribution in [0.1, 0.15) is 38.5 Å². The average Bonchev–Trinajstić information content (AvgIpc) is 3.21. The minimum atomic E-state index is -1.12. The molecule has 0 aliphatic carbocycles. The lowest BCUT2D eigenvalue weighted by Crippen LogP contribution is -2.40. The van der Waals surface area contributed by atoms with Crippen LogP contribution in [0.15, 0.2) is 40.1 Å². The Bertz CT molecular complexity index is 1070. The highest BCUT2D eigenvalue weighted by molar-refractivity contribution is 6.30. The molecule has 180 valence electrons. The molecule has 1 fully saturated rings. The average molecular weight is 484 g/mol. The van der Waals surface area contributed by atoms with Crippen LogP contribution < -0.4 is 17.0 Å². The van der Waals surface area contributed by atoms with Crippen LogP contribution in [0.4, 0.5) is 4.39 Å². The summed E-state index contributed by atoms with van der Waals surface area (Å²) in [4.78, 5) is 37.7. The first kappa shape index (κ1) is 25.1. The zero-order valence-electron chi connectivity index (χ0n) is 18.3. The number of hydrogen-bond acceptors (Lipinski definition) is 7. The van der Waals surface area contributed by atoms with Crippen molar-refractivity contribution >= 4 is 17.6 Å². The third-order valence-electron chi connectivity index (χ3n) is 5.71. The quantitative estimate of drug-likeness (QED) is 0.523. The van der Waals surface area contributed by atoms with Crippen molar-refractivity contribution < 1.29 is 23.4 Å². The molecule has 5 atom stereocenters. The Hall–Kier alpha value is -2.53. The summed E-state index contributed by atoms with van der Waals surface area (Å²) in [5.41, 5.74) is 4.84. The molecule has 0 unspecified atom stereocenters. The summed E-state index contributed by atoms with van der Waals surface area (Å²) in [5, 5.41) is 0.588. The Kier molecular flexibility index (Phi) is 8.41. The Morgan fingerprint density at radius 1 is 1.36 bits per heavy atom. The number of aromatic nitrogens is 2. The van der Waals surface area contributed by atoms with E-state index in [1.165, 1.54) is 0 Å². The van der Waals surface area contributed by atoms with Gasteiger partial charge in [-0.15, -0.1) is 0 Å². The Labute approximate surface area is 194 Å². The second-order valence-corrected chi connectivity index (χ2v) is 8.46. The van der Waals surface area contributed by atoms with Crippen LogP contribution in [0.3, 0.4) is 0 Å². The fourth-order valence-electron chi connectivity index (χ4n) is 3.40. The van der Waals surface area contributed by atoms with Gasteiger partial charge < -0.3 is 19.9 Å². The summed E-state index contributed by atoms with van der Waals surface area (Å²) in [6, 6.07) is 6.28. The first-order chi connectivity index (χ1) is 15.7. The first-order valence-electron chi connectivity index (χ1n) is 10.6. The van der Waals surface area contributed by atoms with Gasteiger partial charge in [-0.1, -0.05) is 44.0 Å².